The molecule has 0 atom stereocenters. The number of rotatable bonds is 4. The highest BCUT2D eigenvalue weighted by Crippen LogP contribution is 2.26. The molecule has 1 heterocycles. The van der Waals surface area contributed by atoms with Crippen molar-refractivity contribution >= 4 is 22.7 Å². The number of hydrogen-bond acceptors (Lipinski definition) is 5. The van der Waals surface area contributed by atoms with Gasteiger partial charge >= 0.3 is 0 Å². The molecule has 1 aromatic carbocycles. The van der Waals surface area contributed by atoms with E-state index in [0.717, 1.165) is 17.0 Å². The maximum absolute atomic E-state index is 13.0. The Balaban J connectivity index is 2.15. The van der Waals surface area contributed by atoms with Crippen LogP contribution in [0.5, 0.6) is 0 Å². The Labute approximate surface area is 112 Å². The van der Waals surface area contributed by atoms with Gasteiger partial charge in [-0.15, -0.1) is 11.3 Å². The van der Waals surface area contributed by atoms with E-state index in [1.54, 1.807) is 11.4 Å². The summed E-state index contributed by atoms with van der Waals surface area (Å²) in [5, 5.41) is 24.1. The molecule has 0 amide bonds. The molecule has 0 radical (unpaired) electrons. The second-order valence-electron chi connectivity index (χ2n) is 3.69. The van der Waals surface area contributed by atoms with Crippen LogP contribution >= 0.6 is 11.3 Å². The average Bonchev–Trinajstić information content (AvgIpc) is 2.85. The lowest BCUT2D eigenvalue weighted by Gasteiger charge is -2.05. The van der Waals surface area contributed by atoms with Crippen molar-refractivity contribution in [3.63, 3.8) is 0 Å². The summed E-state index contributed by atoms with van der Waals surface area (Å²) < 4.78 is 13.0. The molecule has 1 aromatic heterocycles. The molecule has 5 nitrogen and oxygen atoms in total. The van der Waals surface area contributed by atoms with Gasteiger partial charge < -0.3 is 5.32 Å². The van der Waals surface area contributed by atoms with Crippen LogP contribution in [0.15, 0.2) is 29.6 Å². The number of nitrogens with zero attached hydrogens (tertiary/aromatic N) is 2. The Morgan fingerprint density at radius 1 is 1.47 bits per heavy atom. The van der Waals surface area contributed by atoms with E-state index in [4.69, 9.17) is 5.26 Å². The summed E-state index contributed by atoms with van der Waals surface area (Å²) in [5.74, 6) is -0.653. The Morgan fingerprint density at radius 3 is 2.89 bits per heavy atom. The van der Waals surface area contributed by atoms with Crippen LogP contribution in [0, 0.1) is 27.3 Å². The van der Waals surface area contributed by atoms with Gasteiger partial charge in [0.2, 0.25) is 0 Å². The second kappa shape index (κ2) is 5.46. The van der Waals surface area contributed by atoms with Gasteiger partial charge in [-0.1, -0.05) is 0 Å². The lowest BCUT2D eigenvalue weighted by molar-refractivity contribution is -0.384. The minimum absolute atomic E-state index is 0.248. The van der Waals surface area contributed by atoms with Gasteiger partial charge in [0.05, 0.1) is 16.6 Å². The second-order valence-corrected chi connectivity index (χ2v) is 4.68. The molecule has 2 rings (SSSR count). The quantitative estimate of drug-likeness (QED) is 0.687. The van der Waals surface area contributed by atoms with E-state index < -0.39 is 10.7 Å². The molecule has 0 spiro atoms. The largest absolute Gasteiger partial charge is 0.375 e. The summed E-state index contributed by atoms with van der Waals surface area (Å²) in [7, 11) is 0. The number of nitriles is 1. The molecule has 96 valence electrons. The summed E-state index contributed by atoms with van der Waals surface area (Å²) in [5.41, 5.74) is 0.491. The van der Waals surface area contributed by atoms with E-state index in [2.05, 4.69) is 5.32 Å². The first-order valence-corrected chi connectivity index (χ1v) is 6.13. The third-order valence-corrected chi connectivity index (χ3v) is 3.33. The lowest BCUT2D eigenvalue weighted by atomic mass is 10.2. The van der Waals surface area contributed by atoms with Crippen molar-refractivity contribution in [2.45, 2.75) is 6.54 Å². The number of nitrogens with one attached hydrogen (secondary N) is 1. The zero-order valence-corrected chi connectivity index (χ0v) is 10.4. The van der Waals surface area contributed by atoms with Gasteiger partial charge in [0.1, 0.15) is 17.6 Å². The van der Waals surface area contributed by atoms with E-state index in [-0.39, 0.29) is 11.4 Å². The Hall–Kier alpha value is -2.46. The predicted octanol–water partition coefficient (Wildman–Crippen LogP) is 3.28. The molecule has 0 fully saturated rings. The van der Waals surface area contributed by atoms with E-state index >= 15 is 0 Å². The molecular weight excluding hydrogens is 269 g/mol. The Morgan fingerprint density at radius 2 is 2.26 bits per heavy atom. The highest BCUT2D eigenvalue weighted by Gasteiger charge is 2.14. The number of anilines is 1. The fourth-order valence-electron chi connectivity index (χ4n) is 1.52. The van der Waals surface area contributed by atoms with Crippen molar-refractivity contribution in [3.8, 4) is 6.07 Å². The van der Waals surface area contributed by atoms with Crippen LogP contribution in [-0.4, -0.2) is 4.92 Å². The van der Waals surface area contributed by atoms with Crippen LogP contribution < -0.4 is 5.32 Å². The van der Waals surface area contributed by atoms with E-state index in [1.165, 1.54) is 17.4 Å². The SMILES string of the molecule is N#Cc1csc(CNc2ccc(F)cc2[N+](=O)[O-])c1. The molecule has 0 saturated carbocycles. The van der Waals surface area contributed by atoms with Crippen LogP contribution in [0.1, 0.15) is 10.4 Å². The highest BCUT2D eigenvalue weighted by molar-refractivity contribution is 7.10. The van der Waals surface area contributed by atoms with Crippen molar-refractivity contribution < 1.29 is 9.31 Å². The molecule has 0 aliphatic carbocycles. The number of benzene rings is 1. The maximum atomic E-state index is 13.0. The Kier molecular flexibility index (Phi) is 3.73. The van der Waals surface area contributed by atoms with Gasteiger partial charge in [0, 0.05) is 16.8 Å². The predicted molar refractivity (Wildman–Crippen MR) is 69.4 cm³/mol. The van der Waals surface area contributed by atoms with Crippen LogP contribution in [0.3, 0.4) is 0 Å². The van der Waals surface area contributed by atoms with Gasteiger partial charge in [0.25, 0.3) is 5.69 Å². The van der Waals surface area contributed by atoms with E-state index in [1.807, 2.05) is 6.07 Å². The molecule has 0 bridgehead atoms. The number of nitro benzene ring substituents is 1. The number of nitro groups is 1. The Bertz CT molecular complexity index is 663. The molecule has 1 N–H and O–H groups in total. The van der Waals surface area contributed by atoms with Crippen LogP contribution in [-0.2, 0) is 6.54 Å². The topological polar surface area (TPSA) is 79.0 Å². The highest BCUT2D eigenvalue weighted by atomic mass is 32.1. The molecule has 0 aliphatic heterocycles. The van der Waals surface area contributed by atoms with Crippen molar-refractivity contribution in [1.82, 2.24) is 0 Å². The molecular formula is C12H8FN3O2S. The van der Waals surface area contributed by atoms with Gasteiger partial charge in [-0.2, -0.15) is 5.26 Å². The maximum Gasteiger partial charge on any atom is 0.295 e. The van der Waals surface area contributed by atoms with Gasteiger partial charge in [-0.3, -0.25) is 10.1 Å². The van der Waals surface area contributed by atoms with Crippen molar-refractivity contribution in [2.75, 3.05) is 5.32 Å². The fraction of sp³-hybridized carbons (Fsp3) is 0.0833. The van der Waals surface area contributed by atoms with Gasteiger partial charge in [-0.05, 0) is 18.2 Å². The number of hydrogen-bond donors (Lipinski definition) is 1. The zero-order valence-electron chi connectivity index (χ0n) is 9.59. The van der Waals surface area contributed by atoms with Crippen molar-refractivity contribution in [2.24, 2.45) is 0 Å². The summed E-state index contributed by atoms with van der Waals surface area (Å²) in [6.45, 7) is 0.346. The monoisotopic (exact) mass is 277 g/mol. The first kappa shape index (κ1) is 13.0. The first-order chi connectivity index (χ1) is 9.10. The van der Waals surface area contributed by atoms with Crippen LogP contribution in [0.25, 0.3) is 0 Å². The third kappa shape index (κ3) is 3.05. The summed E-state index contributed by atoms with van der Waals surface area (Å²) >= 11 is 1.38. The molecule has 2 aromatic rings. The van der Waals surface area contributed by atoms with Crippen LogP contribution in [0.2, 0.25) is 0 Å². The smallest absolute Gasteiger partial charge is 0.295 e. The summed E-state index contributed by atoms with van der Waals surface area (Å²) in [4.78, 5) is 11.0. The minimum atomic E-state index is -0.653. The minimum Gasteiger partial charge on any atom is -0.375 e. The van der Waals surface area contributed by atoms with Gasteiger partial charge in [0.15, 0.2) is 0 Å². The zero-order chi connectivity index (χ0) is 13.8. The average molecular weight is 277 g/mol. The van der Waals surface area contributed by atoms with Crippen LogP contribution in [0.4, 0.5) is 15.8 Å². The van der Waals surface area contributed by atoms with Gasteiger partial charge in [-0.25, -0.2) is 4.39 Å². The molecule has 0 unspecified atom stereocenters. The summed E-state index contributed by atoms with van der Waals surface area (Å²) in [6, 6.07) is 7.06. The molecule has 7 heteroatoms. The van der Waals surface area contributed by atoms with Crippen molar-refractivity contribution in [1.29, 1.82) is 5.26 Å². The van der Waals surface area contributed by atoms with Crippen molar-refractivity contribution in [3.05, 3.63) is 56.0 Å². The summed E-state index contributed by atoms with van der Waals surface area (Å²) in [6.07, 6.45) is 0. The standard InChI is InChI=1S/C12H8FN3O2S/c13-9-1-2-11(12(4-9)16(17)18)15-6-10-3-8(5-14)7-19-10/h1-4,7,15H,6H2. The number of thiophene rings is 1. The first-order valence-electron chi connectivity index (χ1n) is 5.25. The van der Waals surface area contributed by atoms with E-state index in [9.17, 15) is 14.5 Å². The molecule has 0 saturated heterocycles. The number of halogens is 1. The fourth-order valence-corrected chi connectivity index (χ4v) is 2.27. The normalized spacial score (nSPS) is 9.89. The third-order valence-electron chi connectivity index (χ3n) is 2.39. The molecule has 0 aliphatic rings. The molecule has 19 heavy (non-hydrogen) atoms. The lowest BCUT2D eigenvalue weighted by Crippen LogP contribution is -2.01. The van der Waals surface area contributed by atoms with E-state index in [0.29, 0.717) is 12.1 Å².